The van der Waals surface area contributed by atoms with Crippen molar-refractivity contribution in [3.8, 4) is 0 Å². The SMILES string of the molecule is COC(=O)c1cccc(NC(=O)CSCc2cn3cc(C)ccc3n2)c1. The van der Waals surface area contributed by atoms with E-state index in [0.29, 0.717) is 22.8 Å². The van der Waals surface area contributed by atoms with E-state index in [1.165, 1.54) is 24.4 Å². The van der Waals surface area contributed by atoms with Gasteiger partial charge in [-0.25, -0.2) is 9.78 Å². The van der Waals surface area contributed by atoms with Gasteiger partial charge in [0.15, 0.2) is 0 Å². The molecule has 7 heteroatoms. The van der Waals surface area contributed by atoms with Crippen molar-refractivity contribution >= 4 is 35.0 Å². The lowest BCUT2D eigenvalue weighted by molar-refractivity contribution is -0.113. The van der Waals surface area contributed by atoms with Crippen LogP contribution in [0.15, 0.2) is 48.8 Å². The Morgan fingerprint density at radius 3 is 2.88 bits per heavy atom. The number of thioether (sulfide) groups is 1. The molecule has 1 aromatic carbocycles. The highest BCUT2D eigenvalue weighted by Gasteiger charge is 2.09. The Kier molecular flexibility index (Phi) is 5.58. The van der Waals surface area contributed by atoms with E-state index in [4.69, 9.17) is 0 Å². The van der Waals surface area contributed by atoms with Gasteiger partial charge in [-0.05, 0) is 36.8 Å². The van der Waals surface area contributed by atoms with Crippen LogP contribution in [-0.2, 0) is 15.3 Å². The average molecular weight is 369 g/mol. The van der Waals surface area contributed by atoms with Crippen molar-refractivity contribution in [3.05, 3.63) is 65.6 Å². The fraction of sp³-hybridized carbons (Fsp3) is 0.211. The lowest BCUT2D eigenvalue weighted by Gasteiger charge is -2.06. The number of carbonyl (C=O) groups is 2. The molecule has 2 aromatic heterocycles. The van der Waals surface area contributed by atoms with Gasteiger partial charge in [-0.3, -0.25) is 4.79 Å². The molecule has 6 nitrogen and oxygen atoms in total. The van der Waals surface area contributed by atoms with E-state index in [9.17, 15) is 9.59 Å². The van der Waals surface area contributed by atoms with Crippen molar-refractivity contribution in [3.63, 3.8) is 0 Å². The lowest BCUT2D eigenvalue weighted by Crippen LogP contribution is -2.14. The molecule has 0 aliphatic carbocycles. The number of imidazole rings is 1. The van der Waals surface area contributed by atoms with Gasteiger partial charge in [0.1, 0.15) is 5.65 Å². The third kappa shape index (κ3) is 4.43. The molecule has 0 saturated carbocycles. The molecule has 0 atom stereocenters. The molecule has 134 valence electrons. The maximum Gasteiger partial charge on any atom is 0.337 e. The molecule has 0 radical (unpaired) electrons. The number of fused-ring (bicyclic) bond motifs is 1. The zero-order valence-corrected chi connectivity index (χ0v) is 15.4. The number of esters is 1. The summed E-state index contributed by atoms with van der Waals surface area (Å²) in [5.74, 6) is 0.389. The van der Waals surface area contributed by atoms with E-state index in [2.05, 4.69) is 15.0 Å². The van der Waals surface area contributed by atoms with E-state index < -0.39 is 5.97 Å². The summed E-state index contributed by atoms with van der Waals surface area (Å²) >= 11 is 1.49. The summed E-state index contributed by atoms with van der Waals surface area (Å²) in [6, 6.07) is 10.7. The zero-order chi connectivity index (χ0) is 18.5. The monoisotopic (exact) mass is 369 g/mol. The summed E-state index contributed by atoms with van der Waals surface area (Å²) in [5, 5.41) is 2.79. The van der Waals surface area contributed by atoms with Crippen LogP contribution >= 0.6 is 11.8 Å². The third-order valence-electron chi connectivity index (χ3n) is 3.70. The predicted molar refractivity (Wildman–Crippen MR) is 103 cm³/mol. The van der Waals surface area contributed by atoms with Crippen molar-refractivity contribution in [2.24, 2.45) is 0 Å². The van der Waals surface area contributed by atoms with Crippen LogP contribution in [0.5, 0.6) is 0 Å². The molecule has 3 rings (SSSR count). The molecule has 3 aromatic rings. The number of aryl methyl sites for hydroxylation is 1. The second kappa shape index (κ2) is 8.05. The van der Waals surface area contributed by atoms with E-state index in [1.807, 2.05) is 35.9 Å². The van der Waals surface area contributed by atoms with Crippen LogP contribution in [0.25, 0.3) is 5.65 Å². The molecule has 1 N–H and O–H groups in total. The molecule has 2 heterocycles. The lowest BCUT2D eigenvalue weighted by atomic mass is 10.2. The minimum Gasteiger partial charge on any atom is -0.465 e. The van der Waals surface area contributed by atoms with Crippen molar-refractivity contribution < 1.29 is 14.3 Å². The Labute approximate surface area is 155 Å². The molecular weight excluding hydrogens is 350 g/mol. The quantitative estimate of drug-likeness (QED) is 0.675. The number of nitrogens with one attached hydrogen (secondary N) is 1. The Hall–Kier alpha value is -2.80. The second-order valence-corrected chi connectivity index (χ2v) is 6.80. The van der Waals surface area contributed by atoms with Gasteiger partial charge in [0.25, 0.3) is 0 Å². The Morgan fingerprint density at radius 1 is 1.23 bits per heavy atom. The minimum atomic E-state index is -0.433. The van der Waals surface area contributed by atoms with Crippen LogP contribution in [0.2, 0.25) is 0 Å². The molecule has 1 amide bonds. The first-order valence-electron chi connectivity index (χ1n) is 8.05. The first-order valence-corrected chi connectivity index (χ1v) is 9.21. The first kappa shape index (κ1) is 18.0. The summed E-state index contributed by atoms with van der Waals surface area (Å²) in [4.78, 5) is 28.2. The van der Waals surface area contributed by atoms with Crippen molar-refractivity contribution in [1.82, 2.24) is 9.38 Å². The summed E-state index contributed by atoms with van der Waals surface area (Å²) < 4.78 is 6.67. The molecule has 0 bridgehead atoms. The molecule has 0 aliphatic rings. The molecule has 0 spiro atoms. The fourth-order valence-corrected chi connectivity index (χ4v) is 3.22. The van der Waals surface area contributed by atoms with Crippen LogP contribution in [-0.4, -0.2) is 34.1 Å². The van der Waals surface area contributed by atoms with Gasteiger partial charge in [-0.15, -0.1) is 11.8 Å². The number of aromatic nitrogens is 2. The summed E-state index contributed by atoms with van der Waals surface area (Å²) in [6.45, 7) is 2.04. The highest BCUT2D eigenvalue weighted by atomic mass is 32.2. The topological polar surface area (TPSA) is 72.7 Å². The summed E-state index contributed by atoms with van der Waals surface area (Å²) in [6.07, 6.45) is 4.00. The van der Waals surface area contributed by atoms with Gasteiger partial charge < -0.3 is 14.5 Å². The molecule has 0 aliphatic heterocycles. The highest BCUT2D eigenvalue weighted by Crippen LogP contribution is 2.15. The zero-order valence-electron chi connectivity index (χ0n) is 14.6. The van der Waals surface area contributed by atoms with Gasteiger partial charge in [0.05, 0.1) is 24.1 Å². The number of rotatable bonds is 6. The molecular formula is C19H19N3O3S. The molecule has 26 heavy (non-hydrogen) atoms. The van der Waals surface area contributed by atoms with Crippen LogP contribution < -0.4 is 5.32 Å². The van der Waals surface area contributed by atoms with E-state index in [1.54, 1.807) is 24.3 Å². The fourth-order valence-electron chi connectivity index (χ4n) is 2.51. The van der Waals surface area contributed by atoms with E-state index >= 15 is 0 Å². The molecule has 0 unspecified atom stereocenters. The predicted octanol–water partition coefficient (Wildman–Crippen LogP) is 3.30. The maximum absolute atomic E-state index is 12.1. The smallest absolute Gasteiger partial charge is 0.337 e. The van der Waals surface area contributed by atoms with Gasteiger partial charge in [0, 0.05) is 23.8 Å². The minimum absolute atomic E-state index is 0.128. The van der Waals surface area contributed by atoms with Gasteiger partial charge in [0.2, 0.25) is 5.91 Å². The van der Waals surface area contributed by atoms with Crippen LogP contribution in [0.4, 0.5) is 5.69 Å². The number of pyridine rings is 1. The summed E-state index contributed by atoms with van der Waals surface area (Å²) in [7, 11) is 1.32. The first-order chi connectivity index (χ1) is 12.5. The number of ether oxygens (including phenoxy) is 1. The maximum atomic E-state index is 12.1. The Balaban J connectivity index is 1.53. The third-order valence-corrected chi connectivity index (χ3v) is 4.67. The number of methoxy groups -OCH3 is 1. The largest absolute Gasteiger partial charge is 0.465 e. The van der Waals surface area contributed by atoms with Crippen molar-refractivity contribution in [1.29, 1.82) is 0 Å². The average Bonchev–Trinajstić information content (AvgIpc) is 3.03. The number of amides is 1. The van der Waals surface area contributed by atoms with Crippen LogP contribution in [0.1, 0.15) is 21.6 Å². The van der Waals surface area contributed by atoms with Gasteiger partial charge in [-0.1, -0.05) is 12.1 Å². The standard InChI is InChI=1S/C19H19N3O3S/c1-13-6-7-17-20-16(10-22(17)9-13)11-26-12-18(23)21-15-5-3-4-14(8-15)19(24)25-2/h3-10H,11-12H2,1-2H3,(H,21,23). The van der Waals surface area contributed by atoms with Crippen LogP contribution in [0, 0.1) is 6.92 Å². The number of carbonyl (C=O) groups excluding carboxylic acids is 2. The van der Waals surface area contributed by atoms with E-state index in [-0.39, 0.29) is 5.91 Å². The molecule has 0 fully saturated rings. The van der Waals surface area contributed by atoms with E-state index in [0.717, 1.165) is 11.3 Å². The number of anilines is 1. The number of hydrogen-bond donors (Lipinski definition) is 1. The summed E-state index contributed by atoms with van der Waals surface area (Å²) in [5.41, 5.74) is 3.97. The molecule has 0 saturated heterocycles. The highest BCUT2D eigenvalue weighted by molar-refractivity contribution is 7.99. The number of hydrogen-bond acceptors (Lipinski definition) is 5. The van der Waals surface area contributed by atoms with Crippen LogP contribution in [0.3, 0.4) is 0 Å². The van der Waals surface area contributed by atoms with Crippen molar-refractivity contribution in [2.45, 2.75) is 12.7 Å². The second-order valence-electron chi connectivity index (χ2n) is 5.82. The van der Waals surface area contributed by atoms with Gasteiger partial charge in [-0.2, -0.15) is 0 Å². The number of nitrogens with zero attached hydrogens (tertiary/aromatic N) is 2. The van der Waals surface area contributed by atoms with Gasteiger partial charge >= 0.3 is 5.97 Å². The Bertz CT molecular complexity index is 952. The Morgan fingerprint density at radius 2 is 2.08 bits per heavy atom. The number of benzene rings is 1. The van der Waals surface area contributed by atoms with Crippen molar-refractivity contribution in [2.75, 3.05) is 18.2 Å². The normalized spacial score (nSPS) is 10.7.